The molecule has 0 amide bonds. The standard InChI is InChI=1S/C13H16O3/c1-8(2)12(14)11-7-9-5-4-6-10(15-3)13(9)16-11/h4-8,12,14H,1-3H3. The van der Waals surface area contributed by atoms with E-state index < -0.39 is 6.10 Å². The molecule has 1 aromatic heterocycles. The van der Waals surface area contributed by atoms with Gasteiger partial charge in [-0.25, -0.2) is 0 Å². The van der Waals surface area contributed by atoms with Crippen LogP contribution in [0.4, 0.5) is 0 Å². The fourth-order valence-corrected chi connectivity index (χ4v) is 1.69. The molecule has 2 rings (SSSR count). The van der Waals surface area contributed by atoms with Crippen LogP contribution in [0.2, 0.25) is 0 Å². The van der Waals surface area contributed by atoms with E-state index in [9.17, 15) is 5.11 Å². The lowest BCUT2D eigenvalue weighted by molar-refractivity contribution is 0.104. The number of methoxy groups -OCH3 is 1. The smallest absolute Gasteiger partial charge is 0.176 e. The van der Waals surface area contributed by atoms with Gasteiger partial charge in [0.05, 0.1) is 7.11 Å². The lowest BCUT2D eigenvalue weighted by Gasteiger charge is -2.10. The number of rotatable bonds is 3. The molecule has 1 aromatic carbocycles. The predicted octanol–water partition coefficient (Wildman–Crippen LogP) is 3.13. The van der Waals surface area contributed by atoms with Crippen molar-refractivity contribution in [3.8, 4) is 5.75 Å². The van der Waals surface area contributed by atoms with Gasteiger partial charge in [-0.2, -0.15) is 0 Å². The molecule has 0 aliphatic heterocycles. The summed E-state index contributed by atoms with van der Waals surface area (Å²) < 4.78 is 10.8. The molecule has 0 aliphatic carbocycles. The molecule has 1 atom stereocenters. The minimum atomic E-state index is -0.572. The van der Waals surface area contributed by atoms with Crippen LogP contribution in [0.15, 0.2) is 28.7 Å². The molecule has 2 aromatic rings. The molecule has 0 radical (unpaired) electrons. The Hall–Kier alpha value is -1.48. The number of ether oxygens (including phenoxy) is 1. The van der Waals surface area contributed by atoms with Crippen molar-refractivity contribution in [3.63, 3.8) is 0 Å². The first kappa shape index (κ1) is 11.0. The minimum absolute atomic E-state index is 0.131. The highest BCUT2D eigenvalue weighted by Crippen LogP contribution is 2.32. The van der Waals surface area contributed by atoms with Gasteiger partial charge < -0.3 is 14.3 Å². The van der Waals surface area contributed by atoms with Crippen molar-refractivity contribution in [2.45, 2.75) is 20.0 Å². The van der Waals surface area contributed by atoms with Gasteiger partial charge in [-0.05, 0) is 18.1 Å². The molecule has 0 saturated carbocycles. The van der Waals surface area contributed by atoms with E-state index in [2.05, 4.69) is 0 Å². The average molecular weight is 220 g/mol. The zero-order valence-electron chi connectivity index (χ0n) is 9.73. The normalized spacial score (nSPS) is 13.3. The highest BCUT2D eigenvalue weighted by atomic mass is 16.5. The third kappa shape index (κ3) is 1.78. The monoisotopic (exact) mass is 220 g/mol. The number of hydrogen-bond acceptors (Lipinski definition) is 3. The van der Waals surface area contributed by atoms with Gasteiger partial charge in [0.15, 0.2) is 11.3 Å². The van der Waals surface area contributed by atoms with Crippen LogP contribution in [0.3, 0.4) is 0 Å². The summed E-state index contributed by atoms with van der Waals surface area (Å²) in [7, 11) is 1.61. The molecule has 3 nitrogen and oxygen atoms in total. The van der Waals surface area contributed by atoms with Crippen molar-refractivity contribution >= 4 is 11.0 Å². The molecule has 0 saturated heterocycles. The van der Waals surface area contributed by atoms with Crippen molar-refractivity contribution in [1.29, 1.82) is 0 Å². The maximum absolute atomic E-state index is 9.93. The number of aliphatic hydroxyl groups excluding tert-OH is 1. The lowest BCUT2D eigenvalue weighted by Crippen LogP contribution is -2.03. The Labute approximate surface area is 94.6 Å². The first-order valence-electron chi connectivity index (χ1n) is 5.38. The van der Waals surface area contributed by atoms with E-state index >= 15 is 0 Å². The first-order chi connectivity index (χ1) is 7.63. The summed E-state index contributed by atoms with van der Waals surface area (Å²) in [6.07, 6.45) is -0.572. The van der Waals surface area contributed by atoms with Crippen LogP contribution in [0.5, 0.6) is 5.75 Å². The van der Waals surface area contributed by atoms with E-state index in [1.54, 1.807) is 7.11 Å². The topological polar surface area (TPSA) is 42.6 Å². The largest absolute Gasteiger partial charge is 0.493 e. The van der Waals surface area contributed by atoms with Crippen LogP contribution in [-0.2, 0) is 0 Å². The lowest BCUT2D eigenvalue weighted by atomic mass is 10.1. The quantitative estimate of drug-likeness (QED) is 0.864. The molecule has 0 bridgehead atoms. The van der Waals surface area contributed by atoms with Gasteiger partial charge in [0, 0.05) is 5.39 Å². The molecule has 16 heavy (non-hydrogen) atoms. The van der Waals surface area contributed by atoms with E-state index in [1.807, 2.05) is 38.1 Å². The molecule has 1 heterocycles. The summed E-state index contributed by atoms with van der Waals surface area (Å²) in [5, 5.41) is 10.9. The second-order valence-corrected chi connectivity index (χ2v) is 4.22. The van der Waals surface area contributed by atoms with Crippen LogP contribution in [0.25, 0.3) is 11.0 Å². The third-order valence-electron chi connectivity index (χ3n) is 2.67. The highest BCUT2D eigenvalue weighted by Gasteiger charge is 2.18. The van der Waals surface area contributed by atoms with E-state index in [-0.39, 0.29) is 5.92 Å². The van der Waals surface area contributed by atoms with Crippen molar-refractivity contribution < 1.29 is 14.3 Å². The predicted molar refractivity (Wildman–Crippen MR) is 62.6 cm³/mol. The van der Waals surface area contributed by atoms with Crippen LogP contribution >= 0.6 is 0 Å². The maximum Gasteiger partial charge on any atom is 0.176 e. The number of fused-ring (bicyclic) bond motifs is 1. The van der Waals surface area contributed by atoms with Crippen molar-refractivity contribution in [1.82, 2.24) is 0 Å². The molecule has 1 unspecified atom stereocenters. The van der Waals surface area contributed by atoms with E-state index in [1.165, 1.54) is 0 Å². The summed E-state index contributed by atoms with van der Waals surface area (Å²) in [6.45, 7) is 3.91. The summed E-state index contributed by atoms with van der Waals surface area (Å²) >= 11 is 0. The van der Waals surface area contributed by atoms with Crippen molar-refractivity contribution in [2.75, 3.05) is 7.11 Å². The summed E-state index contributed by atoms with van der Waals surface area (Å²) in [5.74, 6) is 1.42. The number of hydrogen-bond donors (Lipinski definition) is 1. The van der Waals surface area contributed by atoms with Crippen molar-refractivity contribution in [3.05, 3.63) is 30.0 Å². The van der Waals surface area contributed by atoms with Crippen LogP contribution in [0, 0.1) is 5.92 Å². The highest BCUT2D eigenvalue weighted by molar-refractivity contribution is 5.83. The zero-order chi connectivity index (χ0) is 11.7. The Morgan fingerprint density at radius 1 is 1.31 bits per heavy atom. The maximum atomic E-state index is 9.93. The van der Waals surface area contributed by atoms with Gasteiger partial charge in [-0.1, -0.05) is 26.0 Å². The van der Waals surface area contributed by atoms with Gasteiger partial charge in [0.1, 0.15) is 11.9 Å². The molecule has 86 valence electrons. The third-order valence-corrected chi connectivity index (χ3v) is 2.67. The number of aliphatic hydroxyl groups is 1. The fraction of sp³-hybridized carbons (Fsp3) is 0.385. The first-order valence-corrected chi connectivity index (χ1v) is 5.38. The number of benzene rings is 1. The molecule has 0 fully saturated rings. The Balaban J connectivity index is 2.51. The Kier molecular flexibility index (Phi) is 2.88. The van der Waals surface area contributed by atoms with E-state index in [0.29, 0.717) is 17.1 Å². The SMILES string of the molecule is COc1cccc2cc(C(O)C(C)C)oc12. The Morgan fingerprint density at radius 3 is 2.69 bits per heavy atom. The van der Waals surface area contributed by atoms with Gasteiger partial charge in [0.25, 0.3) is 0 Å². The van der Waals surface area contributed by atoms with Crippen LogP contribution < -0.4 is 4.74 Å². The second kappa shape index (κ2) is 4.18. The van der Waals surface area contributed by atoms with Gasteiger partial charge in [-0.15, -0.1) is 0 Å². The Bertz CT molecular complexity index is 485. The number of furan rings is 1. The van der Waals surface area contributed by atoms with Crippen LogP contribution in [0.1, 0.15) is 25.7 Å². The van der Waals surface area contributed by atoms with E-state index in [0.717, 1.165) is 5.39 Å². The van der Waals surface area contributed by atoms with Crippen molar-refractivity contribution in [2.24, 2.45) is 5.92 Å². The molecule has 3 heteroatoms. The van der Waals surface area contributed by atoms with Gasteiger partial charge in [0.2, 0.25) is 0 Å². The molecular formula is C13H16O3. The van der Waals surface area contributed by atoms with E-state index in [4.69, 9.17) is 9.15 Å². The van der Waals surface area contributed by atoms with Crippen LogP contribution in [-0.4, -0.2) is 12.2 Å². The second-order valence-electron chi connectivity index (χ2n) is 4.22. The average Bonchev–Trinajstić information content (AvgIpc) is 2.70. The van der Waals surface area contributed by atoms with Gasteiger partial charge >= 0.3 is 0 Å². The van der Waals surface area contributed by atoms with Gasteiger partial charge in [-0.3, -0.25) is 0 Å². The number of para-hydroxylation sites is 1. The molecule has 1 N–H and O–H groups in total. The molecule has 0 spiro atoms. The summed E-state index contributed by atoms with van der Waals surface area (Å²) in [6, 6.07) is 7.56. The zero-order valence-corrected chi connectivity index (χ0v) is 9.73. The fourth-order valence-electron chi connectivity index (χ4n) is 1.69. The Morgan fingerprint density at radius 2 is 2.06 bits per heavy atom. The molecular weight excluding hydrogens is 204 g/mol. The summed E-state index contributed by atoms with van der Waals surface area (Å²) in [4.78, 5) is 0. The summed E-state index contributed by atoms with van der Waals surface area (Å²) in [5.41, 5.74) is 0.694. The molecule has 0 aliphatic rings. The minimum Gasteiger partial charge on any atom is -0.493 e.